The maximum Gasteiger partial charge on any atom is 0.186 e. The topological polar surface area (TPSA) is 304 Å². The average molecular weight is 839 g/mol. The summed E-state index contributed by atoms with van der Waals surface area (Å²) in [5.41, 5.74) is 0. The molecular weight excluding hydrogens is 768 g/mol. The second-order valence-corrected chi connectivity index (χ2v) is 13.4. The molecule has 4 rings (SSSR count). The average Bonchev–Trinajstić information content (AvgIpc) is 3.22. The van der Waals surface area contributed by atoms with Crippen LogP contribution >= 0.6 is 0 Å². The standard InChI is InChI=1S/C32H58O21.2C2H6/c1-5-7-8-46-28-16(12-49-30-23(39)19(35)17(33)13(50-30)9-43-3)53-32(26(42)22(28)38)47-10-14-18(34)20(36)24(40)31(51-14)48-11-15-27(45-6-2)21(37)25(41)29(44-4)52-15;2*1-2/h13-42H,5-12H2,1-4H3;2*1-2H3/t13-,14-,15-,16-,17-,18-,19+,20+,21-,22-,23-,24-,25-,26-,27-,28-,29+,30+,31+,32+;;/m1../s1. The molecule has 4 saturated heterocycles. The van der Waals surface area contributed by atoms with Crippen LogP contribution in [-0.2, 0) is 52.1 Å². The molecule has 57 heavy (non-hydrogen) atoms. The number of ether oxygens (including phenoxy) is 11. The Morgan fingerprint density at radius 2 is 0.772 bits per heavy atom. The number of unbranched alkanes of at least 4 members (excludes halogenated alkanes) is 1. The van der Waals surface area contributed by atoms with Crippen LogP contribution in [0.1, 0.15) is 54.4 Å². The molecule has 4 aliphatic rings. The minimum absolute atomic E-state index is 0.120. The fourth-order valence-corrected chi connectivity index (χ4v) is 6.50. The van der Waals surface area contributed by atoms with E-state index < -0.39 is 136 Å². The van der Waals surface area contributed by atoms with Crippen LogP contribution < -0.4 is 0 Å². The normalized spacial score (nSPS) is 43.7. The smallest absolute Gasteiger partial charge is 0.186 e. The van der Waals surface area contributed by atoms with Gasteiger partial charge in [0.05, 0.1) is 26.4 Å². The fraction of sp³-hybridized carbons (Fsp3) is 1.00. The van der Waals surface area contributed by atoms with Crippen molar-refractivity contribution in [3.05, 3.63) is 0 Å². The van der Waals surface area contributed by atoms with Crippen molar-refractivity contribution in [3.63, 3.8) is 0 Å². The van der Waals surface area contributed by atoms with Crippen LogP contribution in [0.2, 0.25) is 0 Å². The Labute approximate surface area is 334 Å². The molecule has 20 atom stereocenters. The molecule has 0 radical (unpaired) electrons. The molecule has 10 N–H and O–H groups in total. The SMILES string of the molecule is CC.CC.CCCCO[C@H]1[C@H](O)[C@@H](O)[C@@H](OC[C@H]2O[C@H](OC[C@H]3O[C@H](OC)[C@H](O)[C@@H](O)[C@@H]3OCC)[C@H](O)[C@@H](O)[C@@H]2O)O[C@@H]1CO[C@H]1O[C@H](COC)[C@@H](O)[C@H](O)[C@H]1O. The third kappa shape index (κ3) is 13.6. The van der Waals surface area contributed by atoms with Crippen molar-refractivity contribution in [2.75, 3.05) is 53.9 Å². The Kier molecular flexibility index (Phi) is 24.3. The van der Waals surface area contributed by atoms with Crippen LogP contribution in [-0.4, -0.2) is 228 Å². The van der Waals surface area contributed by atoms with Crippen molar-refractivity contribution in [3.8, 4) is 0 Å². The molecule has 0 spiro atoms. The van der Waals surface area contributed by atoms with Crippen LogP contribution in [0.5, 0.6) is 0 Å². The molecule has 340 valence electrons. The van der Waals surface area contributed by atoms with Crippen molar-refractivity contribution in [2.24, 2.45) is 0 Å². The van der Waals surface area contributed by atoms with E-state index in [1.807, 2.05) is 34.6 Å². The Bertz CT molecular complexity index is 1050. The van der Waals surface area contributed by atoms with E-state index in [9.17, 15) is 51.1 Å². The Hall–Kier alpha value is -0.840. The lowest BCUT2D eigenvalue weighted by Crippen LogP contribution is -2.63. The van der Waals surface area contributed by atoms with Gasteiger partial charge in [0.15, 0.2) is 25.2 Å². The molecule has 0 aromatic heterocycles. The first-order valence-electron chi connectivity index (χ1n) is 19.8. The van der Waals surface area contributed by atoms with Gasteiger partial charge in [-0.05, 0) is 13.3 Å². The first-order chi connectivity index (χ1) is 27.3. The van der Waals surface area contributed by atoms with Gasteiger partial charge in [-0.25, -0.2) is 0 Å². The number of aliphatic hydroxyl groups is 10. The van der Waals surface area contributed by atoms with Crippen molar-refractivity contribution < 1.29 is 103 Å². The zero-order chi connectivity index (χ0) is 43.0. The highest BCUT2D eigenvalue weighted by Crippen LogP contribution is 2.31. The molecule has 0 aromatic carbocycles. The summed E-state index contributed by atoms with van der Waals surface area (Å²) in [4.78, 5) is 0. The van der Waals surface area contributed by atoms with E-state index in [1.165, 1.54) is 14.2 Å². The first kappa shape index (κ1) is 52.3. The molecule has 0 aliphatic carbocycles. The predicted molar refractivity (Wildman–Crippen MR) is 194 cm³/mol. The minimum Gasteiger partial charge on any atom is -0.387 e. The quantitative estimate of drug-likeness (QED) is 0.0599. The van der Waals surface area contributed by atoms with E-state index in [0.717, 1.165) is 6.42 Å². The summed E-state index contributed by atoms with van der Waals surface area (Å²) in [5.74, 6) is 0. The zero-order valence-electron chi connectivity index (χ0n) is 34.2. The zero-order valence-corrected chi connectivity index (χ0v) is 34.2. The maximum absolute atomic E-state index is 11.1. The van der Waals surface area contributed by atoms with Gasteiger partial charge in [0, 0.05) is 27.4 Å². The van der Waals surface area contributed by atoms with E-state index in [1.54, 1.807) is 6.92 Å². The molecule has 0 unspecified atom stereocenters. The molecule has 21 heteroatoms. The van der Waals surface area contributed by atoms with Gasteiger partial charge in [0.25, 0.3) is 0 Å². The number of hydrogen-bond donors (Lipinski definition) is 10. The Balaban J connectivity index is 0.00000271. The molecule has 0 saturated carbocycles. The van der Waals surface area contributed by atoms with Gasteiger partial charge in [-0.3, -0.25) is 0 Å². The molecule has 4 aliphatic heterocycles. The van der Waals surface area contributed by atoms with Crippen molar-refractivity contribution >= 4 is 0 Å². The number of aliphatic hydroxyl groups excluding tert-OH is 10. The van der Waals surface area contributed by atoms with Crippen LogP contribution in [0.15, 0.2) is 0 Å². The maximum atomic E-state index is 11.1. The lowest BCUT2D eigenvalue weighted by molar-refractivity contribution is -0.350. The number of methoxy groups -OCH3 is 2. The second-order valence-electron chi connectivity index (χ2n) is 13.4. The number of hydrogen-bond acceptors (Lipinski definition) is 21. The van der Waals surface area contributed by atoms with Gasteiger partial charge >= 0.3 is 0 Å². The molecule has 4 fully saturated rings. The molecule has 0 bridgehead atoms. The summed E-state index contributed by atoms with van der Waals surface area (Å²) in [7, 11) is 2.63. The van der Waals surface area contributed by atoms with Crippen LogP contribution in [0.3, 0.4) is 0 Å². The summed E-state index contributed by atoms with van der Waals surface area (Å²) in [5, 5.41) is 106. The van der Waals surface area contributed by atoms with Crippen LogP contribution in [0.25, 0.3) is 0 Å². The summed E-state index contributed by atoms with van der Waals surface area (Å²) in [6, 6.07) is 0. The third-order valence-electron chi connectivity index (χ3n) is 9.62. The van der Waals surface area contributed by atoms with Crippen LogP contribution in [0, 0.1) is 0 Å². The highest BCUT2D eigenvalue weighted by molar-refractivity contribution is 4.95. The monoisotopic (exact) mass is 838 g/mol. The highest BCUT2D eigenvalue weighted by atomic mass is 16.8. The predicted octanol–water partition coefficient (Wildman–Crippen LogP) is -3.52. The largest absolute Gasteiger partial charge is 0.387 e. The highest BCUT2D eigenvalue weighted by Gasteiger charge is 2.51. The second kappa shape index (κ2) is 26.5. The summed E-state index contributed by atoms with van der Waals surface area (Å²) in [6.07, 6.45) is -27.5. The molecule has 21 nitrogen and oxygen atoms in total. The van der Waals surface area contributed by atoms with E-state index >= 15 is 0 Å². The molecule has 0 amide bonds. The van der Waals surface area contributed by atoms with Gasteiger partial charge in [-0.15, -0.1) is 0 Å². The summed E-state index contributed by atoms with van der Waals surface area (Å²) >= 11 is 0. The third-order valence-corrected chi connectivity index (χ3v) is 9.62. The van der Waals surface area contributed by atoms with Crippen LogP contribution in [0.4, 0.5) is 0 Å². The van der Waals surface area contributed by atoms with Crippen molar-refractivity contribution in [1.29, 1.82) is 0 Å². The van der Waals surface area contributed by atoms with E-state index in [2.05, 4.69) is 0 Å². The van der Waals surface area contributed by atoms with E-state index in [0.29, 0.717) is 6.42 Å². The van der Waals surface area contributed by atoms with Gasteiger partial charge in [-0.2, -0.15) is 0 Å². The summed E-state index contributed by atoms with van der Waals surface area (Å²) in [6.45, 7) is 10.4. The first-order valence-corrected chi connectivity index (χ1v) is 19.8. The minimum atomic E-state index is -1.80. The summed E-state index contributed by atoms with van der Waals surface area (Å²) < 4.78 is 61.6. The van der Waals surface area contributed by atoms with E-state index in [-0.39, 0.29) is 26.4 Å². The molecular formula is C36H70O21. The molecule has 0 aromatic rings. The molecule has 4 heterocycles. The van der Waals surface area contributed by atoms with Gasteiger partial charge in [0.2, 0.25) is 0 Å². The van der Waals surface area contributed by atoms with Gasteiger partial charge in [-0.1, -0.05) is 41.0 Å². The Morgan fingerprint density at radius 1 is 0.404 bits per heavy atom. The van der Waals surface area contributed by atoms with Gasteiger partial charge < -0.3 is 103 Å². The van der Waals surface area contributed by atoms with Crippen molar-refractivity contribution in [1.82, 2.24) is 0 Å². The van der Waals surface area contributed by atoms with E-state index in [4.69, 9.17) is 52.1 Å². The lowest BCUT2D eigenvalue weighted by atomic mass is 9.97. The Morgan fingerprint density at radius 3 is 1.19 bits per heavy atom. The number of rotatable bonds is 18. The van der Waals surface area contributed by atoms with Crippen molar-refractivity contribution in [2.45, 2.75) is 177 Å². The lowest BCUT2D eigenvalue weighted by Gasteiger charge is -2.45. The fourth-order valence-electron chi connectivity index (χ4n) is 6.50. The van der Waals surface area contributed by atoms with Gasteiger partial charge in [0.1, 0.15) is 97.7 Å².